The van der Waals surface area contributed by atoms with E-state index in [0.29, 0.717) is 12.5 Å². The van der Waals surface area contributed by atoms with Crippen molar-refractivity contribution in [1.29, 1.82) is 0 Å². The van der Waals surface area contributed by atoms with Crippen LogP contribution in [0.2, 0.25) is 0 Å². The largest absolute Gasteiger partial charge is 0.349 e. The minimum Gasteiger partial charge on any atom is -0.349 e. The molecule has 1 rings (SSSR count). The normalized spacial score (nSPS) is 40.7. The van der Waals surface area contributed by atoms with Crippen LogP contribution in [0, 0.1) is 18.3 Å². The third-order valence-corrected chi connectivity index (χ3v) is 1.83. The van der Waals surface area contributed by atoms with Crippen LogP contribution in [0.3, 0.4) is 0 Å². The van der Waals surface area contributed by atoms with Crippen molar-refractivity contribution in [3.05, 3.63) is 0 Å². The van der Waals surface area contributed by atoms with E-state index in [4.69, 9.17) is 15.9 Å². The quantitative estimate of drug-likeness (QED) is 0.384. The third kappa shape index (κ3) is 1.70. The van der Waals surface area contributed by atoms with Crippen molar-refractivity contribution < 1.29 is 9.47 Å². The van der Waals surface area contributed by atoms with Crippen LogP contribution in [0.1, 0.15) is 6.92 Å². The fourth-order valence-electron chi connectivity index (χ4n) is 0.855. The molecular weight excluding hydrogens is 147 g/mol. The second kappa shape index (κ2) is 3.34. The smallest absolute Gasteiger partial charge is 0.171 e. The molecule has 3 heteroatoms. The lowest BCUT2D eigenvalue weighted by Gasteiger charge is -2.29. The van der Waals surface area contributed by atoms with Gasteiger partial charge in [-0.05, 0) is 0 Å². The molecule has 0 aliphatic carbocycles. The van der Waals surface area contributed by atoms with Gasteiger partial charge < -0.3 is 9.47 Å². The lowest BCUT2D eigenvalue weighted by Crippen LogP contribution is -2.34. The summed E-state index contributed by atoms with van der Waals surface area (Å²) in [4.78, 5) is 0. The molecule has 0 bridgehead atoms. The van der Waals surface area contributed by atoms with Gasteiger partial charge in [-0.25, -0.2) is 0 Å². The van der Waals surface area contributed by atoms with Gasteiger partial charge in [-0.3, -0.25) is 0 Å². The van der Waals surface area contributed by atoms with E-state index in [2.05, 4.69) is 15.2 Å². The van der Waals surface area contributed by atoms with Gasteiger partial charge in [0.2, 0.25) is 0 Å². The van der Waals surface area contributed by atoms with Crippen LogP contribution in [-0.4, -0.2) is 18.7 Å². The number of rotatable bonds is 0. The molecule has 1 aliphatic heterocycles. The fourth-order valence-corrected chi connectivity index (χ4v) is 1.14. The summed E-state index contributed by atoms with van der Waals surface area (Å²) in [6.45, 7) is 2.70. The molecule has 0 aromatic rings. The topological polar surface area (TPSA) is 18.5 Å². The summed E-state index contributed by atoms with van der Waals surface area (Å²) >= 11 is 0. The third-order valence-electron chi connectivity index (χ3n) is 1.49. The summed E-state index contributed by atoms with van der Waals surface area (Å²) in [5, 5.41) is 0. The maximum Gasteiger partial charge on any atom is 0.171 e. The Bertz CT molecular complexity index is 152. The van der Waals surface area contributed by atoms with Gasteiger partial charge in [-0.2, -0.15) is 0 Å². The molecule has 4 atom stereocenters. The summed E-state index contributed by atoms with van der Waals surface area (Å²) in [5.41, 5.74) is 0. The van der Waals surface area contributed by atoms with E-state index in [1.54, 1.807) is 0 Å². The summed E-state index contributed by atoms with van der Waals surface area (Å²) < 4.78 is 10.4. The zero-order valence-corrected chi connectivity index (χ0v) is 7.07. The lowest BCUT2D eigenvalue weighted by molar-refractivity contribution is -0.170. The summed E-state index contributed by atoms with van der Waals surface area (Å²) in [7, 11) is 2.43. The van der Waals surface area contributed by atoms with Gasteiger partial charge >= 0.3 is 0 Å². The maximum absolute atomic E-state index is 5.25. The molecule has 1 saturated heterocycles. The molecule has 10 heavy (non-hydrogen) atoms. The van der Waals surface area contributed by atoms with Crippen LogP contribution in [-0.2, 0) is 9.47 Å². The van der Waals surface area contributed by atoms with Crippen molar-refractivity contribution in [3.8, 4) is 12.3 Å². The van der Waals surface area contributed by atoms with Crippen molar-refractivity contribution in [2.75, 3.05) is 6.61 Å². The van der Waals surface area contributed by atoms with Crippen molar-refractivity contribution in [1.82, 2.24) is 0 Å². The lowest BCUT2D eigenvalue weighted by atomic mass is 10.1. The SMILES string of the molecule is C#CC1O[C@@H](P)OC[C@@H]1C. The van der Waals surface area contributed by atoms with Gasteiger partial charge in [0.25, 0.3) is 0 Å². The molecule has 2 unspecified atom stereocenters. The zero-order valence-electron chi connectivity index (χ0n) is 5.91. The van der Waals surface area contributed by atoms with Crippen LogP contribution < -0.4 is 0 Å². The molecule has 1 aliphatic rings. The molecular formula is C7H11O2P. The van der Waals surface area contributed by atoms with Crippen LogP contribution in [0.15, 0.2) is 0 Å². The van der Waals surface area contributed by atoms with Crippen LogP contribution >= 0.6 is 9.24 Å². The minimum absolute atomic E-state index is 0.0868. The van der Waals surface area contributed by atoms with Crippen molar-refractivity contribution in [2.24, 2.45) is 5.92 Å². The molecule has 0 radical (unpaired) electrons. The first-order valence-corrected chi connectivity index (χ1v) is 3.89. The predicted octanol–water partition coefficient (Wildman–Crippen LogP) is 0.830. The molecule has 0 N–H and O–H groups in total. The van der Waals surface area contributed by atoms with Gasteiger partial charge in [0.1, 0.15) is 6.10 Å². The van der Waals surface area contributed by atoms with Gasteiger partial charge in [-0.15, -0.1) is 6.42 Å². The molecule has 0 aromatic heterocycles. The highest BCUT2D eigenvalue weighted by atomic mass is 31.0. The highest BCUT2D eigenvalue weighted by Gasteiger charge is 2.24. The summed E-state index contributed by atoms with van der Waals surface area (Å²) in [5.74, 6) is 2.88. The standard InChI is InChI=1S/C7H11O2P/c1-3-6-5(2)4-8-7(10)9-6/h1,5-7H,4,10H2,2H3/t5-,6?,7-/m0/s1. The first kappa shape index (κ1) is 8.01. The Kier molecular flexibility index (Phi) is 2.68. The Morgan fingerprint density at radius 3 is 2.90 bits per heavy atom. The van der Waals surface area contributed by atoms with Gasteiger partial charge in [-0.1, -0.05) is 22.1 Å². The van der Waals surface area contributed by atoms with E-state index < -0.39 is 0 Å². The minimum atomic E-state index is -0.225. The van der Waals surface area contributed by atoms with E-state index in [1.807, 2.05) is 6.92 Å². The molecule has 1 fully saturated rings. The average molecular weight is 158 g/mol. The first-order valence-electron chi connectivity index (χ1n) is 3.23. The number of hydrogen-bond acceptors (Lipinski definition) is 2. The van der Waals surface area contributed by atoms with E-state index in [-0.39, 0.29) is 12.1 Å². The van der Waals surface area contributed by atoms with E-state index in [0.717, 1.165) is 0 Å². The van der Waals surface area contributed by atoms with Gasteiger partial charge in [0.15, 0.2) is 6.03 Å². The number of terminal acetylenes is 1. The fraction of sp³-hybridized carbons (Fsp3) is 0.714. The zero-order chi connectivity index (χ0) is 7.56. The molecule has 0 saturated carbocycles. The summed E-state index contributed by atoms with van der Waals surface area (Å²) in [6, 6.07) is -0.225. The van der Waals surface area contributed by atoms with Crippen molar-refractivity contribution in [2.45, 2.75) is 19.1 Å². The second-order valence-corrected chi connectivity index (χ2v) is 2.95. The Hall–Kier alpha value is -0.0900. The average Bonchev–Trinajstić information content (AvgIpc) is 1.94. The van der Waals surface area contributed by atoms with E-state index in [9.17, 15) is 0 Å². The molecule has 56 valence electrons. The maximum atomic E-state index is 5.25. The van der Waals surface area contributed by atoms with E-state index >= 15 is 0 Å². The Morgan fingerprint density at radius 2 is 2.40 bits per heavy atom. The predicted molar refractivity (Wildman–Crippen MR) is 42.3 cm³/mol. The second-order valence-electron chi connectivity index (χ2n) is 2.40. The Balaban J connectivity index is 2.47. The number of ether oxygens (including phenoxy) is 2. The van der Waals surface area contributed by atoms with Gasteiger partial charge in [0, 0.05) is 5.92 Å². The Labute approximate surface area is 63.5 Å². The van der Waals surface area contributed by atoms with Crippen LogP contribution in [0.5, 0.6) is 0 Å². The highest BCUT2D eigenvalue weighted by molar-refractivity contribution is 7.16. The van der Waals surface area contributed by atoms with Crippen LogP contribution in [0.4, 0.5) is 0 Å². The van der Waals surface area contributed by atoms with Gasteiger partial charge in [0.05, 0.1) is 6.61 Å². The van der Waals surface area contributed by atoms with Crippen LogP contribution in [0.25, 0.3) is 0 Å². The molecule has 1 heterocycles. The number of hydrogen-bond donors (Lipinski definition) is 0. The molecule has 2 nitrogen and oxygen atoms in total. The molecule has 0 aromatic carbocycles. The highest BCUT2D eigenvalue weighted by Crippen LogP contribution is 2.20. The van der Waals surface area contributed by atoms with E-state index in [1.165, 1.54) is 0 Å². The van der Waals surface area contributed by atoms with Crippen molar-refractivity contribution in [3.63, 3.8) is 0 Å². The molecule has 0 spiro atoms. The Morgan fingerprint density at radius 1 is 1.70 bits per heavy atom. The summed E-state index contributed by atoms with van der Waals surface area (Å²) in [6.07, 6.45) is 5.13. The van der Waals surface area contributed by atoms with Crippen molar-refractivity contribution >= 4 is 9.24 Å². The molecule has 0 amide bonds. The monoisotopic (exact) mass is 158 g/mol. The first-order chi connectivity index (χ1) is 4.74.